The zero-order valence-electron chi connectivity index (χ0n) is 11.2. The van der Waals surface area contributed by atoms with Crippen LogP contribution in [-0.2, 0) is 6.54 Å². The van der Waals surface area contributed by atoms with Gasteiger partial charge in [-0.15, -0.1) is 0 Å². The van der Waals surface area contributed by atoms with Crippen molar-refractivity contribution in [3.63, 3.8) is 0 Å². The zero-order valence-corrected chi connectivity index (χ0v) is 11.2. The van der Waals surface area contributed by atoms with E-state index in [0.717, 1.165) is 0 Å². The predicted octanol–water partition coefficient (Wildman–Crippen LogP) is 1.21. The maximum absolute atomic E-state index is 13.7. The van der Waals surface area contributed by atoms with E-state index in [-0.39, 0.29) is 19.1 Å². The van der Waals surface area contributed by atoms with Crippen LogP contribution < -0.4 is 5.32 Å². The maximum Gasteiger partial charge on any atom is 0.254 e. The fraction of sp³-hybridized carbons (Fsp3) is 0.200. The van der Waals surface area contributed by atoms with Crippen LogP contribution in [0.5, 0.6) is 0 Å². The van der Waals surface area contributed by atoms with E-state index in [1.807, 2.05) is 0 Å². The number of H-pyrrole nitrogens is 1. The molecule has 2 rings (SSSR count). The number of aliphatic hydroxyl groups is 1. The SMILES string of the molecule is O=C(NCc1cc(C#CCCO)ccc1F)c1cn[nH]c1. The number of benzene rings is 1. The number of nitrogens with one attached hydrogen (secondary N) is 2. The molecule has 0 saturated carbocycles. The molecule has 1 aromatic carbocycles. The average Bonchev–Trinajstić information content (AvgIpc) is 3.02. The molecule has 1 amide bonds. The Balaban J connectivity index is 2.04. The lowest BCUT2D eigenvalue weighted by Gasteiger charge is -2.05. The molecule has 0 bridgehead atoms. The van der Waals surface area contributed by atoms with E-state index in [2.05, 4.69) is 27.4 Å². The largest absolute Gasteiger partial charge is 0.395 e. The third-order valence-corrected chi connectivity index (χ3v) is 2.72. The van der Waals surface area contributed by atoms with Crippen LogP contribution in [-0.4, -0.2) is 27.8 Å². The number of aromatic nitrogens is 2. The fourth-order valence-corrected chi connectivity index (χ4v) is 1.66. The van der Waals surface area contributed by atoms with Crippen molar-refractivity contribution < 1.29 is 14.3 Å². The van der Waals surface area contributed by atoms with Gasteiger partial charge in [-0.2, -0.15) is 5.10 Å². The molecule has 1 aromatic heterocycles. The van der Waals surface area contributed by atoms with Gasteiger partial charge in [-0.25, -0.2) is 4.39 Å². The van der Waals surface area contributed by atoms with E-state index in [1.165, 1.54) is 18.5 Å². The standard InChI is InChI=1S/C15H14FN3O2/c16-14-5-4-11(3-1-2-6-20)7-12(14)8-17-15(21)13-9-18-19-10-13/h4-5,7,9-10,20H,2,6,8H2,(H,17,21)(H,18,19). The molecular formula is C15H14FN3O2. The van der Waals surface area contributed by atoms with Crippen molar-refractivity contribution in [2.24, 2.45) is 0 Å². The van der Waals surface area contributed by atoms with Gasteiger partial charge < -0.3 is 10.4 Å². The van der Waals surface area contributed by atoms with Gasteiger partial charge in [-0.3, -0.25) is 9.89 Å². The van der Waals surface area contributed by atoms with Crippen LogP contribution in [0.4, 0.5) is 4.39 Å². The van der Waals surface area contributed by atoms with Gasteiger partial charge >= 0.3 is 0 Å². The number of hydrogen-bond acceptors (Lipinski definition) is 3. The van der Waals surface area contributed by atoms with E-state index in [9.17, 15) is 9.18 Å². The molecular weight excluding hydrogens is 273 g/mol. The van der Waals surface area contributed by atoms with Gasteiger partial charge in [0, 0.05) is 30.3 Å². The lowest BCUT2D eigenvalue weighted by molar-refractivity contribution is 0.0950. The average molecular weight is 287 g/mol. The number of hydrogen-bond donors (Lipinski definition) is 3. The summed E-state index contributed by atoms with van der Waals surface area (Å²) < 4.78 is 13.7. The summed E-state index contributed by atoms with van der Waals surface area (Å²) >= 11 is 0. The van der Waals surface area contributed by atoms with Crippen molar-refractivity contribution in [2.75, 3.05) is 6.61 Å². The van der Waals surface area contributed by atoms with Crippen LogP contribution in [0, 0.1) is 17.7 Å². The van der Waals surface area contributed by atoms with E-state index in [0.29, 0.717) is 23.1 Å². The summed E-state index contributed by atoms with van der Waals surface area (Å²) in [7, 11) is 0. The number of carbonyl (C=O) groups excluding carboxylic acids is 1. The van der Waals surface area contributed by atoms with Crippen molar-refractivity contribution in [3.05, 3.63) is 53.1 Å². The summed E-state index contributed by atoms with van der Waals surface area (Å²) in [5.41, 5.74) is 1.37. The Labute approximate surface area is 121 Å². The molecule has 0 saturated heterocycles. The highest BCUT2D eigenvalue weighted by Gasteiger charge is 2.08. The van der Waals surface area contributed by atoms with Gasteiger partial charge in [0.05, 0.1) is 18.4 Å². The molecule has 6 heteroatoms. The number of aliphatic hydroxyl groups excluding tert-OH is 1. The van der Waals surface area contributed by atoms with Gasteiger partial charge in [-0.1, -0.05) is 11.8 Å². The molecule has 21 heavy (non-hydrogen) atoms. The minimum absolute atomic E-state index is 0.0121. The summed E-state index contributed by atoms with van der Waals surface area (Å²) in [6.45, 7) is 0.0488. The van der Waals surface area contributed by atoms with Crippen molar-refractivity contribution in [1.82, 2.24) is 15.5 Å². The maximum atomic E-state index is 13.7. The summed E-state index contributed by atoms with van der Waals surface area (Å²) in [4.78, 5) is 11.7. The second-order valence-electron chi connectivity index (χ2n) is 4.25. The molecule has 0 atom stereocenters. The van der Waals surface area contributed by atoms with Crippen LogP contribution in [0.25, 0.3) is 0 Å². The van der Waals surface area contributed by atoms with Crippen LogP contribution in [0.1, 0.15) is 27.9 Å². The fourth-order valence-electron chi connectivity index (χ4n) is 1.66. The minimum atomic E-state index is -0.407. The Hall–Kier alpha value is -2.65. The minimum Gasteiger partial charge on any atom is -0.395 e. The Kier molecular flexibility index (Phi) is 5.07. The molecule has 1 heterocycles. The molecule has 0 aliphatic heterocycles. The normalized spacial score (nSPS) is 9.81. The molecule has 2 aromatic rings. The smallest absolute Gasteiger partial charge is 0.254 e. The second kappa shape index (κ2) is 7.22. The molecule has 0 radical (unpaired) electrons. The van der Waals surface area contributed by atoms with E-state index < -0.39 is 5.82 Å². The number of halogens is 1. The Morgan fingerprint density at radius 2 is 2.33 bits per heavy atom. The molecule has 0 unspecified atom stereocenters. The number of nitrogens with zero attached hydrogens (tertiary/aromatic N) is 1. The monoisotopic (exact) mass is 287 g/mol. The highest BCUT2D eigenvalue weighted by Crippen LogP contribution is 2.10. The number of rotatable bonds is 4. The van der Waals surface area contributed by atoms with Crippen LogP contribution >= 0.6 is 0 Å². The number of carbonyl (C=O) groups is 1. The Morgan fingerprint density at radius 1 is 1.48 bits per heavy atom. The number of amides is 1. The third-order valence-electron chi connectivity index (χ3n) is 2.72. The lowest BCUT2D eigenvalue weighted by Crippen LogP contribution is -2.22. The van der Waals surface area contributed by atoms with E-state index >= 15 is 0 Å². The van der Waals surface area contributed by atoms with Gasteiger partial charge in [0.1, 0.15) is 5.82 Å². The summed E-state index contributed by atoms with van der Waals surface area (Å²) in [5.74, 6) is 4.85. The summed E-state index contributed by atoms with van der Waals surface area (Å²) in [6, 6.07) is 4.44. The molecule has 0 spiro atoms. The Bertz CT molecular complexity index is 672. The first-order valence-corrected chi connectivity index (χ1v) is 6.36. The van der Waals surface area contributed by atoms with Crippen molar-refractivity contribution in [2.45, 2.75) is 13.0 Å². The van der Waals surface area contributed by atoms with Gasteiger partial charge in [0.25, 0.3) is 5.91 Å². The molecule has 0 fully saturated rings. The van der Waals surface area contributed by atoms with Gasteiger partial charge in [-0.05, 0) is 18.2 Å². The van der Waals surface area contributed by atoms with E-state index in [1.54, 1.807) is 12.1 Å². The van der Waals surface area contributed by atoms with Gasteiger partial charge in [0.2, 0.25) is 0 Å². The molecule has 5 nitrogen and oxygen atoms in total. The topological polar surface area (TPSA) is 78.0 Å². The molecule has 3 N–H and O–H groups in total. The van der Waals surface area contributed by atoms with Crippen molar-refractivity contribution in [3.8, 4) is 11.8 Å². The third kappa shape index (κ3) is 4.16. The highest BCUT2D eigenvalue weighted by molar-refractivity contribution is 5.93. The highest BCUT2D eigenvalue weighted by atomic mass is 19.1. The van der Waals surface area contributed by atoms with E-state index in [4.69, 9.17) is 5.11 Å². The second-order valence-corrected chi connectivity index (χ2v) is 4.25. The van der Waals surface area contributed by atoms with Crippen LogP contribution in [0.2, 0.25) is 0 Å². The zero-order chi connectivity index (χ0) is 15.1. The predicted molar refractivity (Wildman–Crippen MR) is 74.7 cm³/mol. The van der Waals surface area contributed by atoms with Gasteiger partial charge in [0.15, 0.2) is 0 Å². The quantitative estimate of drug-likeness (QED) is 0.740. The van der Waals surface area contributed by atoms with Crippen molar-refractivity contribution in [1.29, 1.82) is 0 Å². The van der Waals surface area contributed by atoms with Crippen LogP contribution in [0.15, 0.2) is 30.6 Å². The lowest BCUT2D eigenvalue weighted by atomic mass is 10.1. The first-order chi connectivity index (χ1) is 10.2. The Morgan fingerprint density at radius 3 is 3.05 bits per heavy atom. The first-order valence-electron chi connectivity index (χ1n) is 6.36. The molecule has 108 valence electrons. The van der Waals surface area contributed by atoms with Crippen LogP contribution in [0.3, 0.4) is 0 Å². The first kappa shape index (κ1) is 14.8. The summed E-state index contributed by atoms with van der Waals surface area (Å²) in [5, 5.41) is 17.5. The number of aromatic amines is 1. The van der Waals surface area contributed by atoms with Crippen molar-refractivity contribution >= 4 is 5.91 Å². The molecule has 0 aliphatic carbocycles. The molecule has 0 aliphatic rings. The summed E-state index contributed by atoms with van der Waals surface area (Å²) in [6.07, 6.45) is 3.22.